The first-order valence-corrected chi connectivity index (χ1v) is 3.10. The zero-order chi connectivity index (χ0) is 7.56. The van der Waals surface area contributed by atoms with Gasteiger partial charge in [0.05, 0.1) is 0 Å². The number of hydrogen-bond acceptors (Lipinski definition) is 2. The smallest absolute Gasteiger partial charge is 0.262 e. The number of carbonyl (C=O) groups is 1. The molecule has 0 N–H and O–H groups in total. The molecule has 0 atom stereocenters. The van der Waals surface area contributed by atoms with E-state index in [0.717, 1.165) is 6.42 Å². The van der Waals surface area contributed by atoms with Crippen LogP contribution in [-0.2, 0) is 4.79 Å². The number of amides is 1. The summed E-state index contributed by atoms with van der Waals surface area (Å²) in [5.74, 6) is -1.63. The number of carbonyl (C=O) groups excluding carboxylic acids is 1. The Balaban J connectivity index is 2.75. The third-order valence-corrected chi connectivity index (χ3v) is 1.19. The summed E-state index contributed by atoms with van der Waals surface area (Å²) in [7, 11) is 0. The Kier molecular flexibility index (Phi) is 1.89. The highest BCUT2D eigenvalue weighted by atomic mass is 19.1. The molecule has 0 aliphatic carbocycles. The Morgan fingerprint density at radius 1 is 1.50 bits per heavy atom. The molecule has 1 amide bonds. The maximum atomic E-state index is 12.5. The second-order valence-corrected chi connectivity index (χ2v) is 2.02. The Labute approximate surface area is 57.6 Å². The fraction of sp³-hybridized carbons (Fsp3) is 0.500. The van der Waals surface area contributed by atoms with Gasteiger partial charge in [0.1, 0.15) is 5.70 Å². The molecule has 0 aromatic heterocycles. The van der Waals surface area contributed by atoms with Crippen LogP contribution in [0.4, 0.5) is 4.39 Å². The Hall–Kier alpha value is -1.06. The van der Waals surface area contributed by atoms with Gasteiger partial charge in [-0.2, -0.15) is 4.39 Å². The van der Waals surface area contributed by atoms with Crippen LogP contribution in [0.5, 0.6) is 0 Å². The van der Waals surface area contributed by atoms with Crippen LogP contribution < -0.4 is 0 Å². The molecular formula is C6H7FN2O. The molecule has 0 saturated carbocycles. The molecule has 0 radical (unpaired) electrons. The molecular weight excluding hydrogens is 135 g/mol. The van der Waals surface area contributed by atoms with Crippen LogP contribution in [0, 0.1) is 0 Å². The van der Waals surface area contributed by atoms with Gasteiger partial charge in [-0.05, 0) is 6.42 Å². The predicted molar refractivity (Wildman–Crippen MR) is 32.9 cm³/mol. The van der Waals surface area contributed by atoms with Crippen molar-refractivity contribution >= 4 is 5.91 Å². The Bertz CT molecular complexity index is 220. The normalized spacial score (nSPS) is 17.2. The summed E-state index contributed by atoms with van der Waals surface area (Å²) >= 11 is 0. The monoisotopic (exact) mass is 142 g/mol. The summed E-state index contributed by atoms with van der Waals surface area (Å²) in [4.78, 5) is 10.4. The summed E-state index contributed by atoms with van der Waals surface area (Å²) in [5, 5.41) is 6.42. The van der Waals surface area contributed by atoms with Crippen LogP contribution >= 0.6 is 0 Å². The fourth-order valence-corrected chi connectivity index (χ4v) is 0.714. The van der Waals surface area contributed by atoms with Crippen molar-refractivity contribution in [2.75, 3.05) is 0 Å². The molecule has 0 bridgehead atoms. The molecule has 1 aliphatic rings. The van der Waals surface area contributed by atoms with Crippen molar-refractivity contribution in [1.82, 2.24) is 0 Å². The van der Waals surface area contributed by atoms with Crippen molar-refractivity contribution < 1.29 is 9.18 Å². The second kappa shape index (κ2) is 2.68. The average Bonchev–Trinajstić information content (AvgIpc) is 2.20. The summed E-state index contributed by atoms with van der Waals surface area (Å²) in [6.07, 6.45) is 1.26. The van der Waals surface area contributed by atoms with E-state index in [-0.39, 0.29) is 5.70 Å². The zero-order valence-corrected chi connectivity index (χ0v) is 5.59. The Morgan fingerprint density at radius 3 is 2.60 bits per heavy atom. The van der Waals surface area contributed by atoms with Gasteiger partial charge in [-0.25, -0.2) is 0 Å². The zero-order valence-electron chi connectivity index (χ0n) is 5.59. The van der Waals surface area contributed by atoms with E-state index in [0.29, 0.717) is 6.42 Å². The number of hydrogen-bond donors (Lipinski definition) is 0. The number of allylic oxidation sites excluding steroid dienone is 1. The molecule has 3 nitrogen and oxygen atoms in total. The highest BCUT2D eigenvalue weighted by molar-refractivity contribution is 5.93. The molecule has 0 aromatic rings. The lowest BCUT2D eigenvalue weighted by molar-refractivity contribution is -0.115. The lowest BCUT2D eigenvalue weighted by Crippen LogP contribution is -1.88. The van der Waals surface area contributed by atoms with E-state index >= 15 is 0 Å². The third kappa shape index (κ3) is 1.10. The van der Waals surface area contributed by atoms with E-state index < -0.39 is 11.7 Å². The first kappa shape index (κ1) is 7.05. The number of azo groups is 1. The molecule has 0 saturated heterocycles. The SMILES string of the molecule is CCCC1=C(F)C(=O)N=N1. The molecule has 0 fully saturated rings. The van der Waals surface area contributed by atoms with Crippen molar-refractivity contribution in [3.05, 3.63) is 11.5 Å². The highest BCUT2D eigenvalue weighted by Crippen LogP contribution is 2.21. The number of rotatable bonds is 2. The van der Waals surface area contributed by atoms with E-state index in [1.54, 1.807) is 0 Å². The summed E-state index contributed by atoms with van der Waals surface area (Å²) in [6.45, 7) is 1.89. The Morgan fingerprint density at radius 2 is 2.20 bits per heavy atom. The number of halogens is 1. The molecule has 0 spiro atoms. The van der Waals surface area contributed by atoms with Crippen LogP contribution in [0.3, 0.4) is 0 Å². The molecule has 10 heavy (non-hydrogen) atoms. The molecule has 54 valence electrons. The van der Waals surface area contributed by atoms with Crippen LogP contribution in [-0.4, -0.2) is 5.91 Å². The van der Waals surface area contributed by atoms with Gasteiger partial charge in [-0.1, -0.05) is 13.3 Å². The van der Waals surface area contributed by atoms with Gasteiger partial charge in [0.2, 0.25) is 5.83 Å². The molecule has 4 heteroatoms. The largest absolute Gasteiger partial charge is 0.326 e. The van der Waals surface area contributed by atoms with Crippen molar-refractivity contribution in [3.8, 4) is 0 Å². The molecule has 1 rings (SSSR count). The molecule has 0 aromatic carbocycles. The van der Waals surface area contributed by atoms with Crippen LogP contribution in [0.15, 0.2) is 21.8 Å². The third-order valence-electron chi connectivity index (χ3n) is 1.19. The van der Waals surface area contributed by atoms with E-state index in [2.05, 4.69) is 10.2 Å². The maximum absolute atomic E-state index is 12.5. The quantitative estimate of drug-likeness (QED) is 0.581. The summed E-state index contributed by atoms with van der Waals surface area (Å²) < 4.78 is 12.5. The molecule has 1 heterocycles. The van der Waals surface area contributed by atoms with Crippen LogP contribution in [0.1, 0.15) is 19.8 Å². The van der Waals surface area contributed by atoms with Crippen molar-refractivity contribution in [1.29, 1.82) is 0 Å². The van der Waals surface area contributed by atoms with E-state index in [1.165, 1.54) is 0 Å². The number of nitrogens with zero attached hydrogens (tertiary/aromatic N) is 2. The van der Waals surface area contributed by atoms with E-state index in [9.17, 15) is 9.18 Å². The van der Waals surface area contributed by atoms with E-state index in [4.69, 9.17) is 0 Å². The van der Waals surface area contributed by atoms with Gasteiger partial charge in [0, 0.05) is 0 Å². The van der Waals surface area contributed by atoms with E-state index in [1.807, 2.05) is 6.92 Å². The first-order chi connectivity index (χ1) is 4.75. The van der Waals surface area contributed by atoms with Gasteiger partial charge in [-0.15, -0.1) is 10.2 Å². The standard InChI is InChI=1S/C6H7FN2O/c1-2-3-4-5(7)6(10)9-8-4/h2-3H2,1H3. The first-order valence-electron chi connectivity index (χ1n) is 3.10. The lowest BCUT2D eigenvalue weighted by atomic mass is 10.2. The fourth-order valence-electron chi connectivity index (χ4n) is 0.714. The van der Waals surface area contributed by atoms with Gasteiger partial charge < -0.3 is 0 Å². The maximum Gasteiger partial charge on any atom is 0.326 e. The minimum atomic E-state index is -0.844. The lowest BCUT2D eigenvalue weighted by Gasteiger charge is -1.89. The summed E-state index contributed by atoms with van der Waals surface area (Å²) in [5.41, 5.74) is 0.188. The highest BCUT2D eigenvalue weighted by Gasteiger charge is 2.19. The van der Waals surface area contributed by atoms with Gasteiger partial charge >= 0.3 is 5.91 Å². The van der Waals surface area contributed by atoms with Crippen LogP contribution in [0.2, 0.25) is 0 Å². The van der Waals surface area contributed by atoms with Gasteiger partial charge in [0.25, 0.3) is 0 Å². The van der Waals surface area contributed by atoms with Gasteiger partial charge in [0.15, 0.2) is 0 Å². The second-order valence-electron chi connectivity index (χ2n) is 2.02. The van der Waals surface area contributed by atoms with Crippen molar-refractivity contribution in [3.63, 3.8) is 0 Å². The van der Waals surface area contributed by atoms with Gasteiger partial charge in [-0.3, -0.25) is 4.79 Å². The van der Waals surface area contributed by atoms with Crippen molar-refractivity contribution in [2.24, 2.45) is 10.2 Å². The topological polar surface area (TPSA) is 41.8 Å². The molecule has 0 unspecified atom stereocenters. The molecule has 1 aliphatic heterocycles. The van der Waals surface area contributed by atoms with Crippen LogP contribution in [0.25, 0.3) is 0 Å². The minimum Gasteiger partial charge on any atom is -0.262 e. The van der Waals surface area contributed by atoms with Crippen molar-refractivity contribution in [2.45, 2.75) is 19.8 Å². The average molecular weight is 142 g/mol. The predicted octanol–water partition coefficient (Wildman–Crippen LogP) is 1.96. The minimum absolute atomic E-state index is 0.188. The summed E-state index contributed by atoms with van der Waals surface area (Å²) in [6, 6.07) is 0.